The van der Waals surface area contributed by atoms with Gasteiger partial charge in [-0.3, -0.25) is 9.59 Å². The molecule has 1 atom stereocenters. The second-order valence-corrected chi connectivity index (χ2v) is 6.96. The van der Waals surface area contributed by atoms with Crippen LogP contribution < -0.4 is 9.47 Å². The largest absolute Gasteiger partial charge is 0.463 e. The first-order valence-corrected chi connectivity index (χ1v) is 8.87. The molecule has 0 aromatic heterocycles. The fourth-order valence-electron chi connectivity index (χ4n) is 3.34. The van der Waals surface area contributed by atoms with Gasteiger partial charge in [0.05, 0.1) is 18.9 Å². The number of rotatable bonds is 5. The van der Waals surface area contributed by atoms with Crippen molar-refractivity contribution in [1.82, 2.24) is 4.90 Å². The van der Waals surface area contributed by atoms with Crippen LogP contribution in [-0.2, 0) is 20.7 Å². The van der Waals surface area contributed by atoms with E-state index in [1.165, 1.54) is 0 Å². The van der Waals surface area contributed by atoms with E-state index < -0.39 is 0 Å². The number of carbonyl (C=O) groups excluding carboxylic acids is 2. The molecule has 1 unspecified atom stereocenters. The zero-order valence-corrected chi connectivity index (χ0v) is 14.8. The van der Waals surface area contributed by atoms with E-state index in [-0.39, 0.29) is 30.7 Å². The van der Waals surface area contributed by atoms with Gasteiger partial charge in [-0.1, -0.05) is 6.07 Å². The molecular weight excluding hydrogens is 322 g/mol. The van der Waals surface area contributed by atoms with Gasteiger partial charge >= 0.3 is 5.97 Å². The van der Waals surface area contributed by atoms with Gasteiger partial charge in [-0.15, -0.1) is 0 Å². The lowest BCUT2D eigenvalue weighted by molar-refractivity contribution is -0.149. The highest BCUT2D eigenvalue weighted by Gasteiger charge is 2.26. The highest BCUT2D eigenvalue weighted by atomic mass is 16.7. The van der Waals surface area contributed by atoms with Crippen molar-refractivity contribution in [3.63, 3.8) is 0 Å². The lowest BCUT2D eigenvalue weighted by Crippen LogP contribution is -2.41. The van der Waals surface area contributed by atoms with Crippen LogP contribution >= 0.6 is 0 Å². The topological polar surface area (TPSA) is 65.1 Å². The summed E-state index contributed by atoms with van der Waals surface area (Å²) in [6.07, 6.45) is 2.50. The van der Waals surface area contributed by atoms with Crippen molar-refractivity contribution in [2.75, 3.05) is 19.9 Å². The van der Waals surface area contributed by atoms with E-state index in [1.54, 1.807) is 0 Å². The minimum Gasteiger partial charge on any atom is -0.463 e. The molecule has 0 aliphatic carbocycles. The highest BCUT2D eigenvalue weighted by molar-refractivity contribution is 5.79. The van der Waals surface area contributed by atoms with Crippen LogP contribution in [0.3, 0.4) is 0 Å². The second-order valence-electron chi connectivity index (χ2n) is 6.96. The van der Waals surface area contributed by atoms with E-state index >= 15 is 0 Å². The van der Waals surface area contributed by atoms with Gasteiger partial charge in [0.1, 0.15) is 0 Å². The third-order valence-corrected chi connectivity index (χ3v) is 4.49. The standard InChI is InChI=1S/C19H25NO5/c1-13(2)25-19(22)10-15-4-3-7-20(11-15)18(21)9-14-5-6-16-17(8-14)24-12-23-16/h5-6,8,13,15H,3-4,7,9-12H2,1-2H3. The molecule has 0 N–H and O–H groups in total. The van der Waals surface area contributed by atoms with E-state index in [2.05, 4.69) is 0 Å². The Morgan fingerprint density at radius 1 is 1.28 bits per heavy atom. The molecule has 2 aliphatic rings. The molecule has 1 amide bonds. The summed E-state index contributed by atoms with van der Waals surface area (Å²) in [6, 6.07) is 5.60. The van der Waals surface area contributed by atoms with Crippen LogP contribution in [0.5, 0.6) is 11.5 Å². The summed E-state index contributed by atoms with van der Waals surface area (Å²) in [6.45, 7) is 5.29. The molecule has 1 aromatic rings. The molecule has 2 aliphatic heterocycles. The first-order chi connectivity index (χ1) is 12.0. The summed E-state index contributed by atoms with van der Waals surface area (Å²) in [5.74, 6) is 1.50. The first-order valence-electron chi connectivity index (χ1n) is 8.87. The van der Waals surface area contributed by atoms with Crippen LogP contribution in [0.15, 0.2) is 18.2 Å². The van der Waals surface area contributed by atoms with Gasteiger partial charge in [-0.2, -0.15) is 0 Å². The zero-order valence-electron chi connectivity index (χ0n) is 14.8. The lowest BCUT2D eigenvalue weighted by Gasteiger charge is -2.32. The van der Waals surface area contributed by atoms with Crippen molar-refractivity contribution in [3.05, 3.63) is 23.8 Å². The molecule has 0 bridgehead atoms. The predicted molar refractivity (Wildman–Crippen MR) is 91.4 cm³/mol. The summed E-state index contributed by atoms with van der Waals surface area (Å²) in [4.78, 5) is 26.3. The van der Waals surface area contributed by atoms with Crippen LogP contribution in [-0.4, -0.2) is 42.8 Å². The van der Waals surface area contributed by atoms with Crippen molar-refractivity contribution in [2.45, 2.75) is 45.6 Å². The summed E-state index contributed by atoms with van der Waals surface area (Å²) in [5, 5.41) is 0. The normalized spacial score (nSPS) is 19.2. The number of fused-ring (bicyclic) bond motifs is 1. The van der Waals surface area contributed by atoms with Crippen molar-refractivity contribution in [1.29, 1.82) is 0 Å². The number of piperidine rings is 1. The maximum atomic E-state index is 12.6. The van der Waals surface area contributed by atoms with Crippen molar-refractivity contribution < 1.29 is 23.8 Å². The van der Waals surface area contributed by atoms with Gasteiger partial charge in [0.25, 0.3) is 0 Å². The molecule has 1 saturated heterocycles. The number of amides is 1. The number of benzene rings is 1. The fraction of sp³-hybridized carbons (Fsp3) is 0.579. The molecule has 0 saturated carbocycles. The zero-order chi connectivity index (χ0) is 17.8. The Morgan fingerprint density at radius 3 is 2.88 bits per heavy atom. The molecule has 2 heterocycles. The van der Waals surface area contributed by atoms with Crippen LogP contribution in [0.1, 0.15) is 38.7 Å². The number of carbonyl (C=O) groups is 2. The van der Waals surface area contributed by atoms with Crippen molar-refractivity contribution in [3.8, 4) is 11.5 Å². The maximum Gasteiger partial charge on any atom is 0.306 e. The monoisotopic (exact) mass is 347 g/mol. The Bertz CT molecular complexity index is 643. The first kappa shape index (κ1) is 17.6. The molecule has 25 heavy (non-hydrogen) atoms. The van der Waals surface area contributed by atoms with Gasteiger partial charge in [0.2, 0.25) is 12.7 Å². The lowest BCUT2D eigenvalue weighted by atomic mass is 9.94. The van der Waals surface area contributed by atoms with E-state index in [1.807, 2.05) is 36.9 Å². The number of esters is 1. The van der Waals surface area contributed by atoms with Crippen molar-refractivity contribution in [2.24, 2.45) is 5.92 Å². The minimum absolute atomic E-state index is 0.0841. The number of ether oxygens (including phenoxy) is 3. The Hall–Kier alpha value is -2.24. The number of hydrogen-bond donors (Lipinski definition) is 0. The van der Waals surface area contributed by atoms with Crippen LogP contribution in [0, 0.1) is 5.92 Å². The molecule has 0 spiro atoms. The van der Waals surface area contributed by atoms with Gasteiger partial charge in [0.15, 0.2) is 11.5 Å². The summed E-state index contributed by atoms with van der Waals surface area (Å²) < 4.78 is 15.9. The molecule has 1 aromatic carbocycles. The van der Waals surface area contributed by atoms with E-state index in [4.69, 9.17) is 14.2 Å². The van der Waals surface area contributed by atoms with Gasteiger partial charge in [0, 0.05) is 13.1 Å². The van der Waals surface area contributed by atoms with Crippen LogP contribution in [0.25, 0.3) is 0 Å². The van der Waals surface area contributed by atoms with Gasteiger partial charge in [-0.05, 0) is 50.3 Å². The van der Waals surface area contributed by atoms with Crippen LogP contribution in [0.2, 0.25) is 0 Å². The predicted octanol–water partition coefficient (Wildman–Crippen LogP) is 2.54. The second kappa shape index (κ2) is 7.76. The summed E-state index contributed by atoms with van der Waals surface area (Å²) in [7, 11) is 0. The Labute approximate surface area is 148 Å². The molecule has 3 rings (SSSR count). The molecule has 0 radical (unpaired) electrons. The minimum atomic E-state index is -0.176. The quantitative estimate of drug-likeness (QED) is 0.766. The van der Waals surface area contributed by atoms with Gasteiger partial charge in [-0.25, -0.2) is 0 Å². The molecular formula is C19H25NO5. The van der Waals surface area contributed by atoms with E-state index in [9.17, 15) is 9.59 Å². The third kappa shape index (κ3) is 4.65. The molecule has 1 fully saturated rings. The summed E-state index contributed by atoms with van der Waals surface area (Å²) in [5.41, 5.74) is 0.913. The van der Waals surface area contributed by atoms with E-state index in [0.717, 1.165) is 30.7 Å². The van der Waals surface area contributed by atoms with E-state index in [0.29, 0.717) is 25.1 Å². The van der Waals surface area contributed by atoms with Crippen LogP contribution in [0.4, 0.5) is 0 Å². The molecule has 6 heteroatoms. The van der Waals surface area contributed by atoms with Gasteiger partial charge < -0.3 is 19.1 Å². The summed E-state index contributed by atoms with van der Waals surface area (Å²) >= 11 is 0. The third-order valence-electron chi connectivity index (χ3n) is 4.49. The maximum absolute atomic E-state index is 12.6. The highest BCUT2D eigenvalue weighted by Crippen LogP contribution is 2.32. The average Bonchev–Trinajstić information content (AvgIpc) is 3.02. The number of nitrogens with zero attached hydrogens (tertiary/aromatic N) is 1. The molecule has 6 nitrogen and oxygen atoms in total. The SMILES string of the molecule is CC(C)OC(=O)CC1CCCN(C(=O)Cc2ccc3c(c2)OCO3)C1. The molecule has 136 valence electrons. The Balaban J connectivity index is 1.54. The van der Waals surface area contributed by atoms with Crippen molar-refractivity contribution >= 4 is 11.9 Å². The fourth-order valence-corrected chi connectivity index (χ4v) is 3.34. The average molecular weight is 347 g/mol. The number of hydrogen-bond acceptors (Lipinski definition) is 5. The Morgan fingerprint density at radius 2 is 2.08 bits per heavy atom. The smallest absolute Gasteiger partial charge is 0.306 e. The Kier molecular flexibility index (Phi) is 5.46. The number of likely N-dealkylation sites (tertiary alicyclic amines) is 1.